The molecule has 1 amide bonds. The SMILES string of the molecule is O=C(Nc1nc(-c2ccco2)c(C(=O)c2ccccn2)s1)c1cncc(Br)c1. The molecule has 4 heterocycles. The molecule has 0 saturated heterocycles. The van der Waals surface area contributed by atoms with Crippen LogP contribution in [0, 0.1) is 0 Å². The normalized spacial score (nSPS) is 10.6. The zero-order valence-corrected chi connectivity index (χ0v) is 16.5. The molecule has 4 rings (SSSR count). The highest BCUT2D eigenvalue weighted by Gasteiger charge is 2.24. The fourth-order valence-electron chi connectivity index (χ4n) is 2.43. The van der Waals surface area contributed by atoms with E-state index in [0.29, 0.717) is 26.4 Å². The molecule has 0 aliphatic carbocycles. The van der Waals surface area contributed by atoms with Crippen LogP contribution in [0.1, 0.15) is 25.7 Å². The second-order valence-corrected chi connectivity index (χ2v) is 7.48. The highest BCUT2D eigenvalue weighted by molar-refractivity contribution is 9.10. The van der Waals surface area contributed by atoms with Crippen molar-refractivity contribution in [2.24, 2.45) is 0 Å². The first-order valence-electron chi connectivity index (χ1n) is 8.04. The number of carbonyl (C=O) groups excluding carboxylic acids is 2. The Morgan fingerprint density at radius 3 is 2.75 bits per heavy atom. The Kier molecular flexibility index (Phi) is 5.09. The second-order valence-electron chi connectivity index (χ2n) is 5.56. The number of rotatable bonds is 5. The van der Waals surface area contributed by atoms with Gasteiger partial charge in [0.25, 0.3) is 5.91 Å². The number of furan rings is 1. The number of anilines is 1. The van der Waals surface area contributed by atoms with Gasteiger partial charge in [0, 0.05) is 23.1 Å². The topological polar surface area (TPSA) is 98.0 Å². The number of halogens is 1. The van der Waals surface area contributed by atoms with Crippen LogP contribution in [-0.4, -0.2) is 26.6 Å². The number of hydrogen-bond donors (Lipinski definition) is 1. The van der Waals surface area contributed by atoms with Crippen molar-refractivity contribution in [3.63, 3.8) is 0 Å². The molecule has 4 aromatic heterocycles. The summed E-state index contributed by atoms with van der Waals surface area (Å²) in [7, 11) is 0. The van der Waals surface area contributed by atoms with Gasteiger partial charge in [-0.1, -0.05) is 17.4 Å². The first-order valence-corrected chi connectivity index (χ1v) is 9.65. The van der Waals surface area contributed by atoms with E-state index in [-0.39, 0.29) is 22.5 Å². The molecule has 0 fully saturated rings. The largest absolute Gasteiger partial charge is 0.463 e. The molecule has 4 aromatic rings. The molecule has 0 radical (unpaired) electrons. The molecule has 0 saturated carbocycles. The third kappa shape index (κ3) is 3.75. The summed E-state index contributed by atoms with van der Waals surface area (Å²) in [6.45, 7) is 0. The number of hydrogen-bond acceptors (Lipinski definition) is 7. The number of amides is 1. The average molecular weight is 455 g/mol. The van der Waals surface area contributed by atoms with Gasteiger partial charge in [-0.05, 0) is 46.3 Å². The van der Waals surface area contributed by atoms with Gasteiger partial charge in [-0.2, -0.15) is 0 Å². The molecule has 0 aromatic carbocycles. The van der Waals surface area contributed by atoms with E-state index in [0.717, 1.165) is 11.3 Å². The number of thiazole rings is 1. The molecule has 138 valence electrons. The molecular formula is C19H11BrN4O3S. The second kappa shape index (κ2) is 7.83. The van der Waals surface area contributed by atoms with Gasteiger partial charge in [-0.25, -0.2) is 4.98 Å². The summed E-state index contributed by atoms with van der Waals surface area (Å²) >= 11 is 4.35. The molecule has 9 heteroatoms. The third-order valence-corrected chi connectivity index (χ3v) is 5.08. The standard InChI is InChI=1S/C19H11BrN4O3S/c20-12-8-11(9-21-10-12)18(26)24-19-23-15(14-5-3-7-27-14)17(28-19)16(25)13-4-1-2-6-22-13/h1-10H,(H,23,24,26). The summed E-state index contributed by atoms with van der Waals surface area (Å²) in [6, 6.07) is 10.1. The molecule has 0 aliphatic heterocycles. The van der Waals surface area contributed by atoms with Crippen molar-refractivity contribution in [2.45, 2.75) is 0 Å². The lowest BCUT2D eigenvalue weighted by Gasteiger charge is -2.01. The van der Waals surface area contributed by atoms with Crippen LogP contribution in [-0.2, 0) is 0 Å². The van der Waals surface area contributed by atoms with Gasteiger partial charge in [-0.15, -0.1) is 0 Å². The highest BCUT2D eigenvalue weighted by atomic mass is 79.9. The maximum absolute atomic E-state index is 12.9. The number of nitrogens with zero attached hydrogens (tertiary/aromatic N) is 3. The molecule has 0 bridgehead atoms. The predicted molar refractivity (Wildman–Crippen MR) is 107 cm³/mol. The van der Waals surface area contributed by atoms with Crippen molar-refractivity contribution < 1.29 is 14.0 Å². The van der Waals surface area contributed by atoms with Gasteiger partial charge >= 0.3 is 0 Å². The lowest BCUT2D eigenvalue weighted by Crippen LogP contribution is -2.11. The monoisotopic (exact) mass is 454 g/mol. The van der Waals surface area contributed by atoms with Crippen LogP contribution in [0.4, 0.5) is 5.13 Å². The Hall–Kier alpha value is -3.17. The lowest BCUT2D eigenvalue weighted by atomic mass is 10.1. The molecule has 0 aliphatic rings. The summed E-state index contributed by atoms with van der Waals surface area (Å²) in [5, 5.41) is 2.98. The Morgan fingerprint density at radius 1 is 1.14 bits per heavy atom. The quantitative estimate of drug-likeness (QED) is 0.447. The summed E-state index contributed by atoms with van der Waals surface area (Å²) in [4.78, 5) is 38.2. The van der Waals surface area contributed by atoms with Crippen molar-refractivity contribution in [1.82, 2.24) is 15.0 Å². The van der Waals surface area contributed by atoms with E-state index < -0.39 is 0 Å². The van der Waals surface area contributed by atoms with E-state index in [9.17, 15) is 9.59 Å². The van der Waals surface area contributed by atoms with Gasteiger partial charge in [0.15, 0.2) is 10.9 Å². The van der Waals surface area contributed by atoms with Gasteiger partial charge in [-0.3, -0.25) is 24.9 Å². The average Bonchev–Trinajstić information content (AvgIpc) is 3.38. The van der Waals surface area contributed by atoms with Gasteiger partial charge in [0.05, 0.1) is 11.8 Å². The lowest BCUT2D eigenvalue weighted by molar-refractivity contribution is 0.102. The molecule has 0 atom stereocenters. The minimum absolute atomic E-state index is 0.274. The number of nitrogens with one attached hydrogen (secondary N) is 1. The number of carbonyl (C=O) groups is 2. The van der Waals surface area contributed by atoms with Crippen molar-refractivity contribution >= 4 is 44.1 Å². The van der Waals surface area contributed by atoms with Crippen LogP contribution >= 0.6 is 27.3 Å². The summed E-state index contributed by atoms with van der Waals surface area (Å²) in [5.74, 6) is -0.250. The predicted octanol–water partition coefficient (Wildman–Crippen LogP) is 4.44. The van der Waals surface area contributed by atoms with Crippen LogP contribution in [0.3, 0.4) is 0 Å². The Bertz CT molecular complexity index is 1140. The fraction of sp³-hybridized carbons (Fsp3) is 0. The smallest absolute Gasteiger partial charge is 0.259 e. The Balaban J connectivity index is 1.70. The van der Waals surface area contributed by atoms with E-state index in [1.165, 1.54) is 12.5 Å². The van der Waals surface area contributed by atoms with Crippen LogP contribution in [0.15, 0.2) is 70.1 Å². The minimum Gasteiger partial charge on any atom is -0.463 e. The van der Waals surface area contributed by atoms with Crippen LogP contribution in [0.5, 0.6) is 0 Å². The van der Waals surface area contributed by atoms with Crippen LogP contribution < -0.4 is 5.32 Å². The molecule has 28 heavy (non-hydrogen) atoms. The number of aromatic nitrogens is 3. The maximum atomic E-state index is 12.9. The van der Waals surface area contributed by atoms with E-state index in [2.05, 4.69) is 36.2 Å². The number of ketones is 1. The fourth-order valence-corrected chi connectivity index (χ4v) is 3.71. The van der Waals surface area contributed by atoms with E-state index in [4.69, 9.17) is 4.42 Å². The molecular weight excluding hydrogens is 444 g/mol. The van der Waals surface area contributed by atoms with Crippen LogP contribution in [0.2, 0.25) is 0 Å². The van der Waals surface area contributed by atoms with Crippen molar-refractivity contribution in [2.75, 3.05) is 5.32 Å². The van der Waals surface area contributed by atoms with Crippen LogP contribution in [0.25, 0.3) is 11.5 Å². The maximum Gasteiger partial charge on any atom is 0.259 e. The molecule has 1 N–H and O–H groups in total. The van der Waals surface area contributed by atoms with Crippen molar-refractivity contribution in [3.8, 4) is 11.5 Å². The minimum atomic E-state index is -0.384. The zero-order valence-electron chi connectivity index (χ0n) is 14.1. The summed E-state index contributed by atoms with van der Waals surface area (Å²) in [6.07, 6.45) is 6.07. The Morgan fingerprint density at radius 2 is 2.04 bits per heavy atom. The van der Waals surface area contributed by atoms with Gasteiger partial charge in [0.2, 0.25) is 5.78 Å². The van der Waals surface area contributed by atoms with E-state index in [1.54, 1.807) is 48.8 Å². The third-order valence-electron chi connectivity index (χ3n) is 3.67. The molecule has 0 spiro atoms. The van der Waals surface area contributed by atoms with Crippen molar-refractivity contribution in [1.29, 1.82) is 0 Å². The highest BCUT2D eigenvalue weighted by Crippen LogP contribution is 2.33. The molecule has 7 nitrogen and oxygen atoms in total. The summed E-state index contributed by atoms with van der Waals surface area (Å²) < 4.78 is 6.09. The first kappa shape index (κ1) is 18.2. The van der Waals surface area contributed by atoms with E-state index >= 15 is 0 Å². The number of pyridine rings is 2. The van der Waals surface area contributed by atoms with Gasteiger partial charge in [0.1, 0.15) is 16.3 Å². The molecule has 0 unspecified atom stereocenters. The van der Waals surface area contributed by atoms with E-state index in [1.807, 2.05) is 0 Å². The Labute approximate surface area is 171 Å². The van der Waals surface area contributed by atoms with Crippen molar-refractivity contribution in [3.05, 3.63) is 81.9 Å². The summed E-state index contributed by atoms with van der Waals surface area (Å²) in [5.41, 5.74) is 1.00. The first-order chi connectivity index (χ1) is 13.6. The van der Waals surface area contributed by atoms with Gasteiger partial charge < -0.3 is 4.42 Å². The zero-order chi connectivity index (χ0) is 19.5.